The molecule has 0 atom stereocenters. The maximum Gasteiger partial charge on any atom is 1.00 e. The number of rotatable bonds is 1. The van der Waals surface area contributed by atoms with Gasteiger partial charge in [0.25, 0.3) is 0 Å². The maximum atomic E-state index is 10.7. The predicted octanol–water partition coefficient (Wildman–Crippen LogP) is -2.66. The van der Waals surface area contributed by atoms with Gasteiger partial charge in [0.15, 0.2) is 0 Å². The average Bonchev–Trinajstić information content (AvgIpc) is 2.15. The Hall–Kier alpha value is -0.254. The van der Waals surface area contributed by atoms with Crippen molar-refractivity contribution in [2.24, 2.45) is 0 Å². The summed E-state index contributed by atoms with van der Waals surface area (Å²) in [5, 5.41) is 17.1. The number of hydrogen-bond acceptors (Lipinski definition) is 5. The number of benzene rings is 1. The molecule has 0 aliphatic rings. The van der Waals surface area contributed by atoms with Crippen molar-refractivity contribution < 1.29 is 64.4 Å². The van der Waals surface area contributed by atoms with E-state index in [4.69, 9.17) is 10.5 Å². The third kappa shape index (κ3) is 3.36. The van der Waals surface area contributed by atoms with Crippen LogP contribution in [0.25, 0.3) is 0 Å². The molecule has 70 valence electrons. The zero-order chi connectivity index (χ0) is 10.8. The standard InChI is InChI=1S/C8H4N2O3S.K/c9-4-6-2-1-3-8(7(6)5-10)14(11,12)13;/h1-3H,(H,11,12,13);/q;+1/p-1. The third-order valence-electron chi connectivity index (χ3n) is 1.53. The number of nitrogens with zero attached hydrogens (tertiary/aromatic N) is 2. The van der Waals surface area contributed by atoms with Crippen LogP contribution in [0.1, 0.15) is 11.1 Å². The summed E-state index contributed by atoms with van der Waals surface area (Å²) in [4.78, 5) is -0.654. The second-order valence-corrected chi connectivity index (χ2v) is 3.70. The summed E-state index contributed by atoms with van der Waals surface area (Å²) in [6.45, 7) is 0. The fraction of sp³-hybridized carbons (Fsp3) is 0. The van der Waals surface area contributed by atoms with Crippen LogP contribution in [-0.2, 0) is 10.1 Å². The van der Waals surface area contributed by atoms with Gasteiger partial charge in [0.05, 0.1) is 16.0 Å². The fourth-order valence-corrected chi connectivity index (χ4v) is 1.60. The Morgan fingerprint density at radius 3 is 2.20 bits per heavy atom. The van der Waals surface area contributed by atoms with Crippen LogP contribution in [0.15, 0.2) is 23.1 Å². The van der Waals surface area contributed by atoms with Gasteiger partial charge < -0.3 is 4.55 Å². The fourth-order valence-electron chi connectivity index (χ4n) is 0.948. The van der Waals surface area contributed by atoms with Gasteiger partial charge in [-0.15, -0.1) is 0 Å². The quantitative estimate of drug-likeness (QED) is 0.397. The van der Waals surface area contributed by atoms with Crippen molar-refractivity contribution in [1.29, 1.82) is 10.5 Å². The molecule has 0 spiro atoms. The molecule has 1 rings (SSSR count). The Morgan fingerprint density at radius 1 is 1.20 bits per heavy atom. The second kappa shape index (κ2) is 5.73. The van der Waals surface area contributed by atoms with Crippen LogP contribution in [0.2, 0.25) is 0 Å². The average molecular weight is 246 g/mol. The van der Waals surface area contributed by atoms with Crippen LogP contribution in [-0.4, -0.2) is 13.0 Å². The molecule has 7 heteroatoms. The molecule has 1 aromatic rings. The summed E-state index contributed by atoms with van der Waals surface area (Å²) in [5.41, 5.74) is -0.519. The number of hydrogen-bond donors (Lipinski definition) is 0. The zero-order valence-corrected chi connectivity index (χ0v) is 11.7. The summed E-state index contributed by atoms with van der Waals surface area (Å²) in [6.07, 6.45) is 0. The molecule has 0 heterocycles. The van der Waals surface area contributed by atoms with Gasteiger partial charge in [0.2, 0.25) is 0 Å². The van der Waals surface area contributed by atoms with E-state index in [1.807, 2.05) is 0 Å². The molecular formula is C8H3KN2O3S. The Kier molecular flexibility index (Phi) is 5.63. The predicted molar refractivity (Wildman–Crippen MR) is 43.8 cm³/mol. The van der Waals surface area contributed by atoms with E-state index in [0.29, 0.717) is 0 Å². The molecule has 1 aromatic carbocycles. The largest absolute Gasteiger partial charge is 1.00 e. The number of nitriles is 2. The SMILES string of the molecule is N#Cc1cccc(S(=O)(=O)[O-])c1C#N.[K+]. The van der Waals surface area contributed by atoms with Crippen LogP contribution in [0.5, 0.6) is 0 Å². The van der Waals surface area contributed by atoms with Gasteiger partial charge in [-0.3, -0.25) is 0 Å². The van der Waals surface area contributed by atoms with E-state index in [2.05, 4.69) is 0 Å². The van der Waals surface area contributed by atoms with Crippen molar-refractivity contribution in [3.05, 3.63) is 29.3 Å². The van der Waals surface area contributed by atoms with E-state index in [0.717, 1.165) is 6.07 Å². The van der Waals surface area contributed by atoms with Gasteiger partial charge in [0, 0.05) is 0 Å². The van der Waals surface area contributed by atoms with E-state index in [9.17, 15) is 13.0 Å². The summed E-state index contributed by atoms with van der Waals surface area (Å²) < 4.78 is 32.0. The third-order valence-corrected chi connectivity index (χ3v) is 2.41. The first-order valence-electron chi connectivity index (χ1n) is 3.40. The first-order valence-corrected chi connectivity index (χ1v) is 4.80. The van der Waals surface area contributed by atoms with E-state index < -0.39 is 20.6 Å². The minimum atomic E-state index is -4.70. The van der Waals surface area contributed by atoms with Crippen molar-refractivity contribution in [2.75, 3.05) is 0 Å². The monoisotopic (exact) mass is 246 g/mol. The summed E-state index contributed by atoms with van der Waals surface area (Å²) in [5.74, 6) is 0. The van der Waals surface area contributed by atoms with Crippen molar-refractivity contribution in [3.8, 4) is 12.1 Å². The minimum absolute atomic E-state index is 0. The molecule has 5 nitrogen and oxygen atoms in total. The molecule has 0 saturated heterocycles. The van der Waals surface area contributed by atoms with Gasteiger partial charge in [-0.1, -0.05) is 6.07 Å². The Morgan fingerprint density at radius 2 is 1.80 bits per heavy atom. The summed E-state index contributed by atoms with van der Waals surface area (Å²) >= 11 is 0. The molecule has 0 aliphatic carbocycles. The molecule has 0 aromatic heterocycles. The second-order valence-electron chi connectivity index (χ2n) is 2.36. The van der Waals surface area contributed by atoms with Crippen molar-refractivity contribution in [3.63, 3.8) is 0 Å². The molecule has 0 radical (unpaired) electrons. The first kappa shape index (κ1) is 14.7. The van der Waals surface area contributed by atoms with Gasteiger partial charge in [-0.25, -0.2) is 8.42 Å². The molecule has 0 unspecified atom stereocenters. The topological polar surface area (TPSA) is 105 Å². The molecule has 0 N–H and O–H groups in total. The maximum absolute atomic E-state index is 10.7. The van der Waals surface area contributed by atoms with Crippen LogP contribution >= 0.6 is 0 Å². The molecule has 0 saturated carbocycles. The molecule has 0 bridgehead atoms. The summed E-state index contributed by atoms with van der Waals surface area (Å²) in [6, 6.07) is 6.67. The van der Waals surface area contributed by atoms with E-state index in [-0.39, 0.29) is 56.9 Å². The van der Waals surface area contributed by atoms with Gasteiger partial charge in [-0.2, -0.15) is 10.5 Å². The van der Waals surface area contributed by atoms with Gasteiger partial charge in [-0.05, 0) is 12.1 Å². The molecule has 0 amide bonds. The van der Waals surface area contributed by atoms with Gasteiger partial charge in [0.1, 0.15) is 22.3 Å². The van der Waals surface area contributed by atoms with E-state index >= 15 is 0 Å². The van der Waals surface area contributed by atoms with Crippen LogP contribution in [0.4, 0.5) is 0 Å². The smallest absolute Gasteiger partial charge is 0.744 e. The minimum Gasteiger partial charge on any atom is -0.744 e. The van der Waals surface area contributed by atoms with E-state index in [1.54, 1.807) is 6.07 Å². The normalized spacial score (nSPS) is 9.53. The van der Waals surface area contributed by atoms with Gasteiger partial charge >= 0.3 is 51.4 Å². The zero-order valence-electron chi connectivity index (χ0n) is 7.76. The molecular weight excluding hydrogens is 243 g/mol. The van der Waals surface area contributed by atoms with Crippen LogP contribution in [0, 0.1) is 22.7 Å². The summed E-state index contributed by atoms with van der Waals surface area (Å²) in [7, 11) is -4.70. The molecule has 0 aliphatic heterocycles. The van der Waals surface area contributed by atoms with Crippen molar-refractivity contribution >= 4 is 10.1 Å². The molecule has 0 fully saturated rings. The van der Waals surface area contributed by atoms with Crippen LogP contribution in [0.3, 0.4) is 0 Å². The Labute approximate surface area is 129 Å². The van der Waals surface area contributed by atoms with E-state index in [1.165, 1.54) is 18.2 Å². The van der Waals surface area contributed by atoms with Crippen molar-refractivity contribution in [1.82, 2.24) is 0 Å². The Bertz CT molecular complexity index is 554. The first-order chi connectivity index (χ1) is 6.50. The van der Waals surface area contributed by atoms with Crippen molar-refractivity contribution in [2.45, 2.75) is 4.90 Å². The molecule has 15 heavy (non-hydrogen) atoms. The van der Waals surface area contributed by atoms with Crippen LogP contribution < -0.4 is 51.4 Å². The Balaban J connectivity index is 0.00000196.